The molecule has 0 bridgehead atoms. The van der Waals surface area contributed by atoms with Crippen LogP contribution in [0.5, 0.6) is 5.75 Å². The number of benzene rings is 1. The lowest BCUT2D eigenvalue weighted by Gasteiger charge is -2.18. The maximum Gasteiger partial charge on any atom is 0.292 e. The lowest BCUT2D eigenvalue weighted by molar-refractivity contribution is 0.0998. The zero-order valence-electron chi connectivity index (χ0n) is 16.8. The van der Waals surface area contributed by atoms with Gasteiger partial charge in [-0.05, 0) is 62.8 Å². The molecule has 4 rings (SSSR count). The largest absolute Gasteiger partial charge is 0.494 e. The van der Waals surface area contributed by atoms with Crippen molar-refractivity contribution < 1.29 is 18.7 Å². The highest BCUT2D eigenvalue weighted by atomic mass is 32.1. The average Bonchev–Trinajstić information content (AvgIpc) is 3.19. The van der Waals surface area contributed by atoms with Crippen molar-refractivity contribution in [2.24, 2.45) is 11.7 Å². The van der Waals surface area contributed by atoms with E-state index in [0.29, 0.717) is 28.7 Å². The van der Waals surface area contributed by atoms with Gasteiger partial charge in [0, 0.05) is 15.8 Å². The first kappa shape index (κ1) is 19.5. The highest BCUT2D eigenvalue weighted by Gasteiger charge is 2.28. The number of carbonyl (C=O) groups excluding carboxylic acids is 2. The molecule has 1 unspecified atom stereocenters. The summed E-state index contributed by atoms with van der Waals surface area (Å²) in [6.45, 7) is 6.52. The van der Waals surface area contributed by atoms with Crippen LogP contribution < -0.4 is 15.8 Å². The van der Waals surface area contributed by atoms with Crippen molar-refractivity contribution in [3.8, 4) is 5.75 Å². The fraction of sp³-hybridized carbons (Fsp3) is 0.364. The van der Waals surface area contributed by atoms with Gasteiger partial charge < -0.3 is 20.2 Å². The molecule has 2 heterocycles. The lowest BCUT2D eigenvalue weighted by atomic mass is 9.88. The third-order valence-corrected chi connectivity index (χ3v) is 6.58. The molecule has 29 heavy (non-hydrogen) atoms. The summed E-state index contributed by atoms with van der Waals surface area (Å²) < 4.78 is 11.3. The van der Waals surface area contributed by atoms with Gasteiger partial charge in [0.05, 0.1) is 12.2 Å². The number of fused-ring (bicyclic) bond motifs is 2. The number of hydrogen-bond donors (Lipinski definition) is 2. The summed E-state index contributed by atoms with van der Waals surface area (Å²) in [6.07, 6.45) is 2.73. The Balaban J connectivity index is 1.68. The van der Waals surface area contributed by atoms with Crippen LogP contribution in [0.3, 0.4) is 0 Å². The molecule has 2 amide bonds. The molecule has 0 fully saturated rings. The normalized spacial score (nSPS) is 15.9. The number of anilines is 1. The molecule has 0 radical (unpaired) electrons. The molecule has 1 atom stereocenters. The smallest absolute Gasteiger partial charge is 0.292 e. The second-order valence-corrected chi connectivity index (χ2v) is 8.63. The topological polar surface area (TPSA) is 94.6 Å². The first-order valence-electron chi connectivity index (χ1n) is 9.80. The van der Waals surface area contributed by atoms with E-state index in [-0.39, 0.29) is 11.7 Å². The van der Waals surface area contributed by atoms with Crippen LogP contribution >= 0.6 is 11.3 Å². The van der Waals surface area contributed by atoms with Gasteiger partial charge in [-0.1, -0.05) is 6.92 Å². The van der Waals surface area contributed by atoms with Gasteiger partial charge in [-0.15, -0.1) is 11.3 Å². The predicted molar refractivity (Wildman–Crippen MR) is 114 cm³/mol. The summed E-state index contributed by atoms with van der Waals surface area (Å²) >= 11 is 1.44. The average molecular weight is 413 g/mol. The summed E-state index contributed by atoms with van der Waals surface area (Å²) in [5.41, 5.74) is 8.42. The maximum absolute atomic E-state index is 13.0. The van der Waals surface area contributed by atoms with E-state index in [1.54, 1.807) is 6.07 Å². The minimum atomic E-state index is -0.505. The first-order valence-corrected chi connectivity index (χ1v) is 10.6. The third-order valence-electron chi connectivity index (χ3n) is 5.41. The van der Waals surface area contributed by atoms with E-state index in [4.69, 9.17) is 14.9 Å². The number of nitrogens with one attached hydrogen (secondary N) is 1. The predicted octanol–water partition coefficient (Wildman–Crippen LogP) is 4.68. The van der Waals surface area contributed by atoms with Crippen molar-refractivity contribution in [1.82, 2.24) is 0 Å². The second-order valence-electron chi connectivity index (χ2n) is 7.52. The van der Waals surface area contributed by atoms with Gasteiger partial charge in [0.1, 0.15) is 16.3 Å². The molecule has 0 aliphatic heterocycles. The fourth-order valence-corrected chi connectivity index (χ4v) is 5.34. The van der Waals surface area contributed by atoms with E-state index in [1.807, 2.05) is 26.0 Å². The Labute approximate surface area is 173 Å². The number of amides is 2. The van der Waals surface area contributed by atoms with Crippen molar-refractivity contribution in [3.63, 3.8) is 0 Å². The summed E-state index contributed by atoms with van der Waals surface area (Å²) in [4.78, 5) is 26.2. The molecule has 152 valence electrons. The highest BCUT2D eigenvalue weighted by Crippen LogP contribution is 2.40. The third kappa shape index (κ3) is 3.51. The SMILES string of the molecule is CCOc1ccc2oc(C(=O)Nc3sc4c(c3C(N)=O)CCC(C)C4)c(C)c2c1. The van der Waals surface area contributed by atoms with Crippen LogP contribution in [0.2, 0.25) is 0 Å². The number of aryl methyl sites for hydroxylation is 1. The second kappa shape index (κ2) is 7.55. The molecule has 1 aromatic carbocycles. The van der Waals surface area contributed by atoms with Gasteiger partial charge >= 0.3 is 0 Å². The molecule has 0 spiro atoms. The van der Waals surface area contributed by atoms with Gasteiger partial charge in [-0.3, -0.25) is 9.59 Å². The number of carbonyl (C=O) groups is 2. The molecular formula is C22H24N2O4S. The van der Waals surface area contributed by atoms with Crippen LogP contribution in [0.1, 0.15) is 57.2 Å². The Morgan fingerprint density at radius 3 is 2.90 bits per heavy atom. The molecule has 7 heteroatoms. The van der Waals surface area contributed by atoms with E-state index >= 15 is 0 Å². The quantitative estimate of drug-likeness (QED) is 0.636. The van der Waals surface area contributed by atoms with Crippen molar-refractivity contribution in [2.75, 3.05) is 11.9 Å². The number of rotatable bonds is 5. The van der Waals surface area contributed by atoms with Crippen LogP contribution in [0, 0.1) is 12.8 Å². The minimum absolute atomic E-state index is 0.226. The van der Waals surface area contributed by atoms with E-state index < -0.39 is 5.91 Å². The lowest BCUT2D eigenvalue weighted by Crippen LogP contribution is -2.19. The van der Waals surface area contributed by atoms with Crippen molar-refractivity contribution in [2.45, 2.75) is 40.0 Å². The molecule has 0 saturated carbocycles. The highest BCUT2D eigenvalue weighted by molar-refractivity contribution is 7.17. The van der Waals surface area contributed by atoms with Gasteiger partial charge in [0.2, 0.25) is 0 Å². The molecule has 3 aromatic rings. The Kier molecular flexibility index (Phi) is 5.08. The van der Waals surface area contributed by atoms with Crippen LogP contribution in [0.25, 0.3) is 11.0 Å². The van der Waals surface area contributed by atoms with Crippen LogP contribution in [0.15, 0.2) is 22.6 Å². The van der Waals surface area contributed by atoms with E-state index in [1.165, 1.54) is 11.3 Å². The van der Waals surface area contributed by atoms with Gasteiger partial charge in [-0.2, -0.15) is 0 Å². The van der Waals surface area contributed by atoms with E-state index in [0.717, 1.165) is 46.4 Å². The van der Waals surface area contributed by atoms with Crippen LogP contribution in [-0.2, 0) is 12.8 Å². The maximum atomic E-state index is 13.0. The van der Waals surface area contributed by atoms with Gasteiger partial charge in [0.15, 0.2) is 5.76 Å². The number of furan rings is 1. The van der Waals surface area contributed by atoms with Crippen LogP contribution in [0.4, 0.5) is 5.00 Å². The number of thiophene rings is 1. The molecule has 3 N–H and O–H groups in total. The fourth-order valence-electron chi connectivity index (χ4n) is 3.93. The number of primary amides is 1. The van der Waals surface area contributed by atoms with E-state index in [2.05, 4.69) is 12.2 Å². The summed E-state index contributed by atoms with van der Waals surface area (Å²) in [6, 6.07) is 5.48. The molecular weight excluding hydrogens is 388 g/mol. The minimum Gasteiger partial charge on any atom is -0.494 e. The first-order chi connectivity index (χ1) is 13.9. The summed E-state index contributed by atoms with van der Waals surface area (Å²) in [5, 5.41) is 4.22. The zero-order valence-corrected chi connectivity index (χ0v) is 17.6. The molecule has 1 aliphatic rings. The van der Waals surface area contributed by atoms with Crippen LogP contribution in [-0.4, -0.2) is 18.4 Å². The van der Waals surface area contributed by atoms with Crippen molar-refractivity contribution in [1.29, 1.82) is 0 Å². The standard InChI is InChI=1S/C22H24N2O4S/c1-4-27-13-6-8-16-15(10-13)12(3)19(28-16)21(26)24-22-18(20(23)25)14-7-5-11(2)9-17(14)29-22/h6,8,10-11H,4-5,7,9H2,1-3H3,(H2,23,25)(H,24,26). The monoisotopic (exact) mass is 412 g/mol. The van der Waals surface area contributed by atoms with Crippen molar-refractivity contribution in [3.05, 3.63) is 45.5 Å². The van der Waals surface area contributed by atoms with E-state index in [9.17, 15) is 9.59 Å². The Morgan fingerprint density at radius 2 is 2.17 bits per heavy atom. The zero-order chi connectivity index (χ0) is 20.7. The molecule has 0 saturated heterocycles. The summed E-state index contributed by atoms with van der Waals surface area (Å²) in [7, 11) is 0. The number of nitrogens with two attached hydrogens (primary N) is 1. The summed E-state index contributed by atoms with van der Waals surface area (Å²) in [5.74, 6) is 0.624. The molecule has 6 nitrogen and oxygen atoms in total. The molecule has 1 aliphatic carbocycles. The van der Waals surface area contributed by atoms with Crippen molar-refractivity contribution >= 4 is 39.1 Å². The number of hydrogen-bond acceptors (Lipinski definition) is 5. The molecule has 2 aromatic heterocycles. The van der Waals surface area contributed by atoms with Gasteiger partial charge in [0.25, 0.3) is 11.8 Å². The Hall–Kier alpha value is -2.80. The Morgan fingerprint density at radius 1 is 1.38 bits per heavy atom. The number of ether oxygens (including phenoxy) is 1. The van der Waals surface area contributed by atoms with Gasteiger partial charge in [-0.25, -0.2) is 0 Å². The Bertz CT molecular complexity index is 1110.